The number of amides is 1. The molecule has 0 fully saturated rings. The molecule has 0 aliphatic carbocycles. The topological polar surface area (TPSA) is 86.8 Å². The predicted molar refractivity (Wildman–Crippen MR) is 106 cm³/mol. The second kappa shape index (κ2) is 9.73. The maximum atomic E-state index is 12.7. The standard InChI is InChI=1S/C21H26N2O5/c1-13(2)12-27-17-8-16(9-18(10-17)28-14(3)4)20(24)23-19-7-6-15(11-22-19)21(25)26-5/h6-11,13-14H,12H2,1-5H3,(H,22,23,24). The molecule has 0 saturated carbocycles. The number of esters is 1. The highest BCUT2D eigenvalue weighted by molar-refractivity contribution is 6.04. The summed E-state index contributed by atoms with van der Waals surface area (Å²) in [6, 6.07) is 8.15. The number of methoxy groups -OCH3 is 1. The van der Waals surface area contributed by atoms with Gasteiger partial charge in [0, 0.05) is 17.8 Å². The first-order valence-electron chi connectivity index (χ1n) is 9.08. The highest BCUT2D eigenvalue weighted by Crippen LogP contribution is 2.25. The Labute approximate surface area is 165 Å². The van der Waals surface area contributed by atoms with Crippen LogP contribution < -0.4 is 14.8 Å². The van der Waals surface area contributed by atoms with Crippen molar-refractivity contribution >= 4 is 17.7 Å². The first kappa shape index (κ1) is 21.2. The largest absolute Gasteiger partial charge is 0.493 e. The number of rotatable bonds is 8. The van der Waals surface area contributed by atoms with Crippen molar-refractivity contribution in [2.45, 2.75) is 33.8 Å². The number of hydrogen-bond acceptors (Lipinski definition) is 6. The van der Waals surface area contributed by atoms with E-state index < -0.39 is 5.97 Å². The summed E-state index contributed by atoms with van der Waals surface area (Å²) < 4.78 is 16.1. The minimum absolute atomic E-state index is 0.0382. The van der Waals surface area contributed by atoms with Crippen molar-refractivity contribution in [3.63, 3.8) is 0 Å². The van der Waals surface area contributed by atoms with Crippen LogP contribution in [0, 0.1) is 5.92 Å². The summed E-state index contributed by atoms with van der Waals surface area (Å²) in [5.74, 6) is 0.932. The smallest absolute Gasteiger partial charge is 0.339 e. The highest BCUT2D eigenvalue weighted by atomic mass is 16.5. The Morgan fingerprint density at radius 1 is 1.04 bits per heavy atom. The lowest BCUT2D eigenvalue weighted by atomic mass is 10.1. The van der Waals surface area contributed by atoms with Crippen molar-refractivity contribution in [2.24, 2.45) is 5.92 Å². The third-order valence-corrected chi connectivity index (χ3v) is 3.52. The molecule has 1 N–H and O–H groups in total. The van der Waals surface area contributed by atoms with E-state index in [4.69, 9.17) is 9.47 Å². The Bertz CT molecular complexity index is 816. The van der Waals surface area contributed by atoms with E-state index in [1.165, 1.54) is 25.4 Å². The molecular formula is C21H26N2O5. The van der Waals surface area contributed by atoms with Crippen LogP contribution in [0.2, 0.25) is 0 Å². The molecule has 0 atom stereocenters. The van der Waals surface area contributed by atoms with Gasteiger partial charge in [-0.05, 0) is 44.0 Å². The quantitative estimate of drug-likeness (QED) is 0.692. The number of benzene rings is 1. The highest BCUT2D eigenvalue weighted by Gasteiger charge is 2.13. The lowest BCUT2D eigenvalue weighted by Crippen LogP contribution is -2.15. The number of pyridine rings is 1. The normalized spacial score (nSPS) is 10.7. The van der Waals surface area contributed by atoms with E-state index in [2.05, 4.69) is 15.0 Å². The Balaban J connectivity index is 2.20. The van der Waals surface area contributed by atoms with E-state index in [0.29, 0.717) is 41.0 Å². The van der Waals surface area contributed by atoms with Gasteiger partial charge in [-0.3, -0.25) is 4.79 Å². The Morgan fingerprint density at radius 2 is 1.75 bits per heavy atom. The summed E-state index contributed by atoms with van der Waals surface area (Å²) in [4.78, 5) is 28.2. The molecule has 7 nitrogen and oxygen atoms in total. The SMILES string of the molecule is COC(=O)c1ccc(NC(=O)c2cc(OCC(C)C)cc(OC(C)C)c2)nc1. The molecule has 0 radical (unpaired) electrons. The van der Waals surface area contributed by atoms with Crippen LogP contribution in [0.25, 0.3) is 0 Å². The van der Waals surface area contributed by atoms with Crippen molar-refractivity contribution in [1.82, 2.24) is 4.98 Å². The molecule has 150 valence electrons. The van der Waals surface area contributed by atoms with Crippen molar-refractivity contribution < 1.29 is 23.8 Å². The fourth-order valence-electron chi connectivity index (χ4n) is 2.28. The monoisotopic (exact) mass is 386 g/mol. The van der Waals surface area contributed by atoms with Crippen LogP contribution in [0.1, 0.15) is 48.4 Å². The minimum Gasteiger partial charge on any atom is -0.493 e. The number of carbonyl (C=O) groups excluding carboxylic acids is 2. The van der Waals surface area contributed by atoms with E-state index in [1.54, 1.807) is 18.2 Å². The van der Waals surface area contributed by atoms with Gasteiger partial charge < -0.3 is 19.5 Å². The van der Waals surface area contributed by atoms with E-state index in [-0.39, 0.29) is 12.0 Å². The lowest BCUT2D eigenvalue weighted by Gasteiger charge is -2.15. The average Bonchev–Trinajstić information content (AvgIpc) is 2.65. The van der Waals surface area contributed by atoms with Crippen LogP contribution in [0.15, 0.2) is 36.5 Å². The Kier molecular flexibility index (Phi) is 7.37. The van der Waals surface area contributed by atoms with Crippen LogP contribution in [0.4, 0.5) is 5.82 Å². The van der Waals surface area contributed by atoms with Crippen LogP contribution in [0.5, 0.6) is 11.5 Å². The molecule has 1 aromatic carbocycles. The molecule has 0 aliphatic rings. The third kappa shape index (κ3) is 6.26. The summed E-state index contributed by atoms with van der Waals surface area (Å²) in [6.45, 7) is 8.45. The number of ether oxygens (including phenoxy) is 3. The van der Waals surface area contributed by atoms with E-state index in [1.807, 2.05) is 27.7 Å². The maximum Gasteiger partial charge on any atom is 0.339 e. The average molecular weight is 386 g/mol. The molecule has 0 saturated heterocycles. The third-order valence-electron chi connectivity index (χ3n) is 3.52. The van der Waals surface area contributed by atoms with Crippen molar-refractivity contribution in [3.05, 3.63) is 47.7 Å². The molecule has 0 unspecified atom stereocenters. The van der Waals surface area contributed by atoms with Crippen molar-refractivity contribution in [3.8, 4) is 11.5 Å². The van der Waals surface area contributed by atoms with Crippen molar-refractivity contribution in [1.29, 1.82) is 0 Å². The van der Waals surface area contributed by atoms with Gasteiger partial charge in [0.2, 0.25) is 0 Å². The number of carbonyl (C=O) groups is 2. The van der Waals surface area contributed by atoms with Crippen LogP contribution in [-0.2, 0) is 4.74 Å². The number of nitrogens with one attached hydrogen (secondary N) is 1. The van der Waals surface area contributed by atoms with E-state index in [9.17, 15) is 9.59 Å². The summed E-state index contributed by atoms with van der Waals surface area (Å²) in [5.41, 5.74) is 0.688. The van der Waals surface area contributed by atoms with Gasteiger partial charge in [-0.2, -0.15) is 0 Å². The number of anilines is 1. The first-order chi connectivity index (χ1) is 13.3. The molecule has 0 spiro atoms. The fourth-order valence-corrected chi connectivity index (χ4v) is 2.28. The molecule has 1 aromatic heterocycles. The van der Waals surface area contributed by atoms with Gasteiger partial charge in [-0.25, -0.2) is 9.78 Å². The van der Waals surface area contributed by atoms with Crippen LogP contribution >= 0.6 is 0 Å². The second-order valence-corrected chi connectivity index (χ2v) is 6.94. The molecule has 0 aliphatic heterocycles. The molecular weight excluding hydrogens is 360 g/mol. The summed E-state index contributed by atoms with van der Waals surface area (Å²) in [7, 11) is 1.29. The van der Waals surface area contributed by atoms with Crippen LogP contribution in [0.3, 0.4) is 0 Å². The van der Waals surface area contributed by atoms with E-state index >= 15 is 0 Å². The molecule has 28 heavy (non-hydrogen) atoms. The van der Waals surface area contributed by atoms with Gasteiger partial charge >= 0.3 is 5.97 Å². The van der Waals surface area contributed by atoms with Gasteiger partial charge in [0.25, 0.3) is 5.91 Å². The minimum atomic E-state index is -0.490. The zero-order valence-electron chi connectivity index (χ0n) is 16.8. The molecule has 2 aromatic rings. The van der Waals surface area contributed by atoms with Gasteiger partial charge in [-0.1, -0.05) is 13.8 Å². The molecule has 7 heteroatoms. The zero-order valence-corrected chi connectivity index (χ0v) is 16.8. The van der Waals surface area contributed by atoms with Gasteiger partial charge in [-0.15, -0.1) is 0 Å². The maximum absolute atomic E-state index is 12.7. The van der Waals surface area contributed by atoms with Crippen LogP contribution in [-0.4, -0.2) is 36.7 Å². The van der Waals surface area contributed by atoms with Crippen molar-refractivity contribution in [2.75, 3.05) is 19.0 Å². The fraction of sp³-hybridized carbons (Fsp3) is 0.381. The molecule has 1 amide bonds. The molecule has 1 heterocycles. The Hall–Kier alpha value is -3.09. The van der Waals surface area contributed by atoms with Gasteiger partial charge in [0.05, 0.1) is 25.4 Å². The first-order valence-corrected chi connectivity index (χ1v) is 9.08. The molecule has 2 rings (SSSR count). The Morgan fingerprint density at radius 3 is 2.32 bits per heavy atom. The lowest BCUT2D eigenvalue weighted by molar-refractivity contribution is 0.0600. The predicted octanol–water partition coefficient (Wildman–Crippen LogP) is 3.94. The summed E-state index contributed by atoms with van der Waals surface area (Å²) >= 11 is 0. The number of aromatic nitrogens is 1. The van der Waals surface area contributed by atoms with Gasteiger partial charge in [0.1, 0.15) is 17.3 Å². The summed E-state index contributed by atoms with van der Waals surface area (Å²) in [5, 5.41) is 2.70. The van der Waals surface area contributed by atoms with Gasteiger partial charge in [0.15, 0.2) is 0 Å². The zero-order chi connectivity index (χ0) is 20.7. The molecule has 0 bridgehead atoms. The number of nitrogens with zero attached hydrogens (tertiary/aromatic N) is 1. The number of hydrogen-bond donors (Lipinski definition) is 1. The summed E-state index contributed by atoms with van der Waals surface area (Å²) in [6.07, 6.45) is 1.31. The second-order valence-electron chi connectivity index (χ2n) is 6.94. The van der Waals surface area contributed by atoms with E-state index in [0.717, 1.165) is 0 Å².